The van der Waals surface area contributed by atoms with E-state index >= 15 is 0 Å². The van der Waals surface area contributed by atoms with Crippen LogP contribution in [0.4, 0.5) is 5.69 Å². The van der Waals surface area contributed by atoms with Gasteiger partial charge in [0.05, 0.1) is 5.69 Å². The zero-order valence-corrected chi connectivity index (χ0v) is 14.1. The van der Waals surface area contributed by atoms with Gasteiger partial charge in [0.1, 0.15) is 5.69 Å². The van der Waals surface area contributed by atoms with Crippen LogP contribution in [-0.4, -0.2) is 53.0 Å². The van der Waals surface area contributed by atoms with Gasteiger partial charge < -0.3 is 20.1 Å². The Morgan fingerprint density at radius 2 is 1.90 bits per heavy atom. The average molecular weight is 294 g/mol. The number of carbonyl (C=O) groups is 1. The van der Waals surface area contributed by atoms with Crippen LogP contribution in [0.3, 0.4) is 0 Å². The van der Waals surface area contributed by atoms with Crippen LogP contribution in [0.15, 0.2) is 12.3 Å². The number of carbonyl (C=O) groups excluding carboxylic acids is 1. The summed E-state index contributed by atoms with van der Waals surface area (Å²) in [5.74, 6) is 0.512. The highest BCUT2D eigenvalue weighted by Crippen LogP contribution is 2.13. The van der Waals surface area contributed by atoms with E-state index in [4.69, 9.17) is 5.73 Å². The number of nitrogens with two attached hydrogens (primary N) is 1. The molecule has 0 aromatic carbocycles. The standard InChI is InChI=1S/C16H30N4O/c1-6-19(7-2)8-9-20(11-13(3)4)16(21)15-10-14(17)12-18(15)5/h10,12-13H,6-9,11,17H2,1-5H3. The van der Waals surface area contributed by atoms with Crippen molar-refractivity contribution in [3.05, 3.63) is 18.0 Å². The van der Waals surface area contributed by atoms with E-state index in [1.165, 1.54) is 0 Å². The Morgan fingerprint density at radius 3 is 2.33 bits per heavy atom. The van der Waals surface area contributed by atoms with Crippen molar-refractivity contribution in [3.8, 4) is 0 Å². The van der Waals surface area contributed by atoms with Crippen LogP contribution in [0, 0.1) is 5.92 Å². The number of aromatic nitrogens is 1. The quantitative estimate of drug-likeness (QED) is 0.798. The Kier molecular flexibility index (Phi) is 6.75. The smallest absolute Gasteiger partial charge is 0.270 e. The summed E-state index contributed by atoms with van der Waals surface area (Å²) in [5.41, 5.74) is 7.08. The third kappa shape index (κ3) is 5.08. The van der Waals surface area contributed by atoms with Crippen LogP contribution in [0.2, 0.25) is 0 Å². The van der Waals surface area contributed by atoms with Crippen molar-refractivity contribution in [1.82, 2.24) is 14.4 Å². The summed E-state index contributed by atoms with van der Waals surface area (Å²) in [6.07, 6.45) is 1.78. The molecule has 0 fully saturated rings. The first-order valence-corrected chi connectivity index (χ1v) is 7.82. The van der Waals surface area contributed by atoms with Gasteiger partial charge in [-0.1, -0.05) is 27.7 Å². The molecule has 1 aromatic heterocycles. The molecule has 120 valence electrons. The second kappa shape index (κ2) is 8.08. The van der Waals surface area contributed by atoms with Gasteiger partial charge in [0.25, 0.3) is 5.91 Å². The predicted octanol–water partition coefficient (Wildman–Crippen LogP) is 2.05. The number of nitrogen functional groups attached to an aromatic ring is 1. The number of hydrogen-bond donors (Lipinski definition) is 1. The van der Waals surface area contributed by atoms with Gasteiger partial charge in [0.2, 0.25) is 0 Å². The lowest BCUT2D eigenvalue weighted by atomic mass is 10.2. The summed E-state index contributed by atoms with van der Waals surface area (Å²) in [4.78, 5) is 17.0. The molecule has 0 aliphatic heterocycles. The fraction of sp³-hybridized carbons (Fsp3) is 0.688. The number of aryl methyl sites for hydroxylation is 1. The maximum atomic E-state index is 12.7. The molecule has 0 unspecified atom stereocenters. The molecule has 0 spiro atoms. The molecule has 5 heteroatoms. The topological polar surface area (TPSA) is 54.5 Å². The van der Waals surface area contributed by atoms with Gasteiger partial charge in [0.15, 0.2) is 0 Å². The highest BCUT2D eigenvalue weighted by atomic mass is 16.2. The average Bonchev–Trinajstić information content (AvgIpc) is 2.76. The Balaban J connectivity index is 2.81. The lowest BCUT2D eigenvalue weighted by Crippen LogP contribution is -2.41. The Labute approximate surface area is 128 Å². The normalized spacial score (nSPS) is 11.4. The zero-order chi connectivity index (χ0) is 16.0. The molecule has 1 heterocycles. The third-order valence-electron chi connectivity index (χ3n) is 3.70. The lowest BCUT2D eigenvalue weighted by molar-refractivity contribution is 0.0707. The van der Waals surface area contributed by atoms with E-state index in [2.05, 4.69) is 32.6 Å². The Bertz CT molecular complexity index is 449. The predicted molar refractivity (Wildman–Crippen MR) is 88.4 cm³/mol. The Morgan fingerprint density at radius 1 is 1.29 bits per heavy atom. The minimum Gasteiger partial charge on any atom is -0.397 e. The largest absolute Gasteiger partial charge is 0.397 e. The van der Waals surface area contributed by atoms with Crippen LogP contribution < -0.4 is 5.73 Å². The van der Waals surface area contributed by atoms with Crippen molar-refractivity contribution in [2.24, 2.45) is 13.0 Å². The molecule has 1 amide bonds. The van der Waals surface area contributed by atoms with E-state index in [9.17, 15) is 4.79 Å². The summed E-state index contributed by atoms with van der Waals surface area (Å²) in [6.45, 7) is 13.0. The number of amides is 1. The van der Waals surface area contributed by atoms with E-state index < -0.39 is 0 Å². The van der Waals surface area contributed by atoms with Crippen molar-refractivity contribution >= 4 is 11.6 Å². The molecule has 0 aliphatic carbocycles. The second-order valence-electron chi connectivity index (χ2n) is 5.94. The maximum absolute atomic E-state index is 12.7. The van der Waals surface area contributed by atoms with E-state index in [-0.39, 0.29) is 5.91 Å². The minimum atomic E-state index is 0.0649. The van der Waals surface area contributed by atoms with Crippen molar-refractivity contribution < 1.29 is 4.79 Å². The van der Waals surface area contributed by atoms with Crippen molar-refractivity contribution in [2.75, 3.05) is 38.5 Å². The van der Waals surface area contributed by atoms with Gasteiger partial charge in [-0.15, -0.1) is 0 Å². The van der Waals surface area contributed by atoms with E-state index in [0.717, 1.165) is 32.7 Å². The van der Waals surface area contributed by atoms with Gasteiger partial charge >= 0.3 is 0 Å². The van der Waals surface area contributed by atoms with E-state index in [1.54, 1.807) is 12.3 Å². The van der Waals surface area contributed by atoms with Crippen molar-refractivity contribution in [2.45, 2.75) is 27.7 Å². The molecule has 0 bridgehead atoms. The van der Waals surface area contributed by atoms with Crippen molar-refractivity contribution in [3.63, 3.8) is 0 Å². The minimum absolute atomic E-state index is 0.0649. The molecule has 1 rings (SSSR count). The van der Waals surface area contributed by atoms with Gasteiger partial charge in [-0.05, 0) is 25.1 Å². The molecular weight excluding hydrogens is 264 g/mol. The highest BCUT2D eigenvalue weighted by molar-refractivity contribution is 5.93. The van der Waals surface area contributed by atoms with Crippen molar-refractivity contribution in [1.29, 1.82) is 0 Å². The van der Waals surface area contributed by atoms with Gasteiger partial charge in [-0.2, -0.15) is 0 Å². The van der Waals surface area contributed by atoms with Crippen LogP contribution in [0.5, 0.6) is 0 Å². The SMILES string of the molecule is CCN(CC)CCN(CC(C)C)C(=O)c1cc(N)cn1C. The summed E-state index contributed by atoms with van der Waals surface area (Å²) in [5, 5.41) is 0. The first-order chi connectivity index (χ1) is 9.88. The molecule has 0 aliphatic rings. The summed E-state index contributed by atoms with van der Waals surface area (Å²) < 4.78 is 1.81. The second-order valence-corrected chi connectivity index (χ2v) is 5.94. The maximum Gasteiger partial charge on any atom is 0.270 e. The zero-order valence-electron chi connectivity index (χ0n) is 14.1. The van der Waals surface area contributed by atoms with Gasteiger partial charge in [-0.25, -0.2) is 0 Å². The first kappa shape index (κ1) is 17.6. The van der Waals surface area contributed by atoms with Crippen LogP contribution in [0.1, 0.15) is 38.2 Å². The molecule has 0 atom stereocenters. The number of anilines is 1. The van der Waals surface area contributed by atoms with E-state index in [1.807, 2.05) is 16.5 Å². The number of hydrogen-bond acceptors (Lipinski definition) is 3. The van der Waals surface area contributed by atoms with E-state index in [0.29, 0.717) is 17.3 Å². The lowest BCUT2D eigenvalue weighted by Gasteiger charge is -2.28. The van der Waals surface area contributed by atoms with Crippen LogP contribution in [0.25, 0.3) is 0 Å². The summed E-state index contributed by atoms with van der Waals surface area (Å²) >= 11 is 0. The van der Waals surface area contributed by atoms with Crippen LogP contribution >= 0.6 is 0 Å². The highest BCUT2D eigenvalue weighted by Gasteiger charge is 2.20. The summed E-state index contributed by atoms with van der Waals surface area (Å²) in [6, 6.07) is 1.76. The molecule has 1 aromatic rings. The molecule has 0 saturated carbocycles. The number of likely N-dealkylation sites (N-methyl/N-ethyl adjacent to an activating group) is 1. The molecule has 5 nitrogen and oxygen atoms in total. The number of nitrogens with zero attached hydrogens (tertiary/aromatic N) is 3. The Hall–Kier alpha value is -1.49. The fourth-order valence-electron chi connectivity index (χ4n) is 2.48. The molecule has 21 heavy (non-hydrogen) atoms. The third-order valence-corrected chi connectivity index (χ3v) is 3.70. The monoisotopic (exact) mass is 294 g/mol. The summed E-state index contributed by atoms with van der Waals surface area (Å²) in [7, 11) is 1.86. The van der Waals surface area contributed by atoms with Gasteiger partial charge in [0, 0.05) is 32.9 Å². The van der Waals surface area contributed by atoms with Gasteiger partial charge in [-0.3, -0.25) is 4.79 Å². The molecule has 0 radical (unpaired) electrons. The molecule has 0 saturated heterocycles. The number of rotatable bonds is 8. The molecule has 2 N–H and O–H groups in total. The fourth-order valence-corrected chi connectivity index (χ4v) is 2.48. The molecular formula is C16H30N4O. The first-order valence-electron chi connectivity index (χ1n) is 7.82. The van der Waals surface area contributed by atoms with Crippen LogP contribution in [-0.2, 0) is 7.05 Å².